The van der Waals surface area contributed by atoms with Crippen LogP contribution in [0.3, 0.4) is 0 Å². The van der Waals surface area contributed by atoms with Crippen molar-refractivity contribution in [1.29, 1.82) is 5.26 Å². The maximum Gasteiger partial charge on any atom is 0.387 e. The number of rotatable bonds is 6. The fourth-order valence-corrected chi connectivity index (χ4v) is 1.93. The number of alkyl halides is 2. The predicted molar refractivity (Wildman–Crippen MR) is 79.8 cm³/mol. The molecule has 0 saturated heterocycles. The van der Waals surface area contributed by atoms with Crippen LogP contribution in [0.25, 0.3) is 0 Å². The van der Waals surface area contributed by atoms with E-state index in [1.165, 1.54) is 12.1 Å². The number of benzene rings is 2. The standard InChI is InChI=1S/C17H14F2N2O2/c18-17(19)23-15-7-5-12(6-8-15)9-16(22)21-11-14-3-1-13(10-20)2-4-14/h1-8,17H,9,11H2,(H,21,22). The third-order valence-electron chi connectivity index (χ3n) is 3.09. The monoisotopic (exact) mass is 316 g/mol. The van der Waals surface area contributed by atoms with Gasteiger partial charge < -0.3 is 10.1 Å². The van der Waals surface area contributed by atoms with E-state index in [-0.39, 0.29) is 18.1 Å². The van der Waals surface area contributed by atoms with Crippen LogP contribution in [0.15, 0.2) is 48.5 Å². The molecule has 0 aliphatic heterocycles. The van der Waals surface area contributed by atoms with Crippen molar-refractivity contribution in [2.24, 2.45) is 0 Å². The van der Waals surface area contributed by atoms with Crippen LogP contribution in [0.2, 0.25) is 0 Å². The molecule has 2 rings (SSSR count). The molecule has 1 N–H and O–H groups in total. The minimum absolute atomic E-state index is 0.0572. The number of ether oxygens (including phenoxy) is 1. The molecule has 118 valence electrons. The Kier molecular flexibility index (Phi) is 5.64. The summed E-state index contributed by atoms with van der Waals surface area (Å²) in [4.78, 5) is 11.9. The first-order valence-electron chi connectivity index (χ1n) is 6.86. The molecule has 0 heterocycles. The van der Waals surface area contributed by atoms with Crippen LogP contribution in [0.1, 0.15) is 16.7 Å². The SMILES string of the molecule is N#Cc1ccc(CNC(=O)Cc2ccc(OC(F)F)cc2)cc1. The maximum atomic E-state index is 12.0. The Balaban J connectivity index is 1.83. The predicted octanol–water partition coefficient (Wildman–Crippen LogP) is 3.02. The summed E-state index contributed by atoms with van der Waals surface area (Å²) in [7, 11) is 0. The van der Waals surface area contributed by atoms with Crippen molar-refractivity contribution in [3.63, 3.8) is 0 Å². The van der Waals surface area contributed by atoms with E-state index in [4.69, 9.17) is 5.26 Å². The lowest BCUT2D eigenvalue weighted by atomic mass is 10.1. The van der Waals surface area contributed by atoms with Crippen molar-refractivity contribution in [3.05, 3.63) is 65.2 Å². The molecule has 0 spiro atoms. The van der Waals surface area contributed by atoms with Crippen molar-refractivity contribution in [1.82, 2.24) is 5.32 Å². The van der Waals surface area contributed by atoms with Gasteiger partial charge in [0.25, 0.3) is 0 Å². The second-order valence-corrected chi connectivity index (χ2v) is 4.78. The van der Waals surface area contributed by atoms with Gasteiger partial charge in [-0.05, 0) is 35.4 Å². The molecule has 0 aliphatic rings. The number of nitriles is 1. The summed E-state index contributed by atoms with van der Waals surface area (Å²) in [6.07, 6.45) is 0.144. The van der Waals surface area contributed by atoms with Crippen LogP contribution < -0.4 is 10.1 Å². The summed E-state index contributed by atoms with van der Waals surface area (Å²) in [6.45, 7) is -2.51. The summed E-state index contributed by atoms with van der Waals surface area (Å²) in [6, 6.07) is 14.9. The third-order valence-corrected chi connectivity index (χ3v) is 3.09. The molecule has 6 heteroatoms. The molecule has 0 unspecified atom stereocenters. The number of hydrogen-bond acceptors (Lipinski definition) is 3. The van der Waals surface area contributed by atoms with Crippen LogP contribution >= 0.6 is 0 Å². The minimum Gasteiger partial charge on any atom is -0.435 e. The van der Waals surface area contributed by atoms with Crippen LogP contribution in [0.5, 0.6) is 5.75 Å². The topological polar surface area (TPSA) is 62.1 Å². The van der Waals surface area contributed by atoms with Crippen molar-refractivity contribution in [2.75, 3.05) is 0 Å². The van der Waals surface area contributed by atoms with Gasteiger partial charge in [0.15, 0.2) is 0 Å². The number of carbonyl (C=O) groups excluding carboxylic acids is 1. The van der Waals surface area contributed by atoms with E-state index in [9.17, 15) is 13.6 Å². The fourth-order valence-electron chi connectivity index (χ4n) is 1.93. The van der Waals surface area contributed by atoms with Crippen LogP contribution in [-0.2, 0) is 17.8 Å². The third kappa shape index (κ3) is 5.40. The molecule has 0 saturated carbocycles. The van der Waals surface area contributed by atoms with E-state index in [0.717, 1.165) is 5.56 Å². The lowest BCUT2D eigenvalue weighted by Gasteiger charge is -2.07. The Hall–Kier alpha value is -2.94. The van der Waals surface area contributed by atoms with E-state index in [1.807, 2.05) is 6.07 Å². The average molecular weight is 316 g/mol. The smallest absolute Gasteiger partial charge is 0.387 e. The molecule has 0 radical (unpaired) electrons. The van der Waals surface area contributed by atoms with Gasteiger partial charge in [0, 0.05) is 6.54 Å². The van der Waals surface area contributed by atoms with Crippen LogP contribution in [0.4, 0.5) is 8.78 Å². The number of nitrogens with zero attached hydrogens (tertiary/aromatic N) is 1. The molecular formula is C17H14F2N2O2. The molecular weight excluding hydrogens is 302 g/mol. The second-order valence-electron chi connectivity index (χ2n) is 4.78. The van der Waals surface area contributed by atoms with Crippen LogP contribution in [0, 0.1) is 11.3 Å². The number of nitrogens with one attached hydrogen (secondary N) is 1. The Labute approximate surface area is 132 Å². The zero-order valence-electron chi connectivity index (χ0n) is 12.1. The van der Waals surface area contributed by atoms with Gasteiger partial charge in [-0.25, -0.2) is 0 Å². The quantitative estimate of drug-likeness (QED) is 0.891. The molecule has 2 aromatic rings. The molecule has 4 nitrogen and oxygen atoms in total. The van der Waals surface area contributed by atoms with Gasteiger partial charge in [-0.2, -0.15) is 14.0 Å². The molecule has 1 amide bonds. The highest BCUT2D eigenvalue weighted by molar-refractivity contribution is 5.78. The highest BCUT2D eigenvalue weighted by atomic mass is 19.3. The minimum atomic E-state index is -2.86. The molecule has 0 aromatic heterocycles. The molecule has 2 aromatic carbocycles. The maximum absolute atomic E-state index is 12.0. The van der Waals surface area contributed by atoms with Gasteiger partial charge >= 0.3 is 6.61 Å². The second kappa shape index (κ2) is 7.90. The lowest BCUT2D eigenvalue weighted by molar-refractivity contribution is -0.120. The van der Waals surface area contributed by atoms with E-state index in [2.05, 4.69) is 10.1 Å². The summed E-state index contributed by atoms with van der Waals surface area (Å²) >= 11 is 0. The zero-order chi connectivity index (χ0) is 16.7. The van der Waals surface area contributed by atoms with Gasteiger partial charge in [0.2, 0.25) is 5.91 Å². The van der Waals surface area contributed by atoms with Crippen molar-refractivity contribution < 1.29 is 18.3 Å². The summed E-state index contributed by atoms with van der Waals surface area (Å²) in [5.74, 6) is -0.126. The fraction of sp³-hybridized carbons (Fsp3) is 0.176. The first-order chi connectivity index (χ1) is 11.1. The Bertz CT molecular complexity index is 692. The average Bonchev–Trinajstić information content (AvgIpc) is 2.55. The first-order valence-corrected chi connectivity index (χ1v) is 6.86. The number of halogens is 2. The van der Waals surface area contributed by atoms with Gasteiger partial charge in [0.1, 0.15) is 5.75 Å². The highest BCUT2D eigenvalue weighted by Gasteiger charge is 2.06. The van der Waals surface area contributed by atoms with Gasteiger partial charge in [-0.15, -0.1) is 0 Å². The molecule has 0 bridgehead atoms. The summed E-state index contributed by atoms with van der Waals surface area (Å²) in [5.41, 5.74) is 2.15. The lowest BCUT2D eigenvalue weighted by Crippen LogP contribution is -2.24. The van der Waals surface area contributed by atoms with E-state index >= 15 is 0 Å². The number of hydrogen-bond donors (Lipinski definition) is 1. The van der Waals surface area contributed by atoms with Crippen molar-refractivity contribution in [2.45, 2.75) is 19.6 Å². The molecule has 23 heavy (non-hydrogen) atoms. The van der Waals surface area contributed by atoms with Crippen LogP contribution in [-0.4, -0.2) is 12.5 Å². The van der Waals surface area contributed by atoms with E-state index in [1.54, 1.807) is 36.4 Å². The molecule has 0 fully saturated rings. The number of amides is 1. The summed E-state index contributed by atoms with van der Waals surface area (Å²) < 4.78 is 28.3. The molecule has 0 atom stereocenters. The molecule has 0 aliphatic carbocycles. The Morgan fingerprint density at radius 1 is 1.09 bits per heavy atom. The van der Waals surface area contributed by atoms with E-state index in [0.29, 0.717) is 17.7 Å². The van der Waals surface area contributed by atoms with Crippen molar-refractivity contribution >= 4 is 5.91 Å². The zero-order valence-corrected chi connectivity index (χ0v) is 12.1. The largest absolute Gasteiger partial charge is 0.435 e. The Morgan fingerprint density at radius 3 is 2.26 bits per heavy atom. The van der Waals surface area contributed by atoms with Gasteiger partial charge in [0.05, 0.1) is 18.1 Å². The first kappa shape index (κ1) is 16.4. The van der Waals surface area contributed by atoms with Gasteiger partial charge in [-0.3, -0.25) is 4.79 Å². The van der Waals surface area contributed by atoms with Crippen molar-refractivity contribution in [3.8, 4) is 11.8 Å². The van der Waals surface area contributed by atoms with Gasteiger partial charge in [-0.1, -0.05) is 24.3 Å². The normalized spacial score (nSPS) is 10.2. The number of carbonyl (C=O) groups is 1. The Morgan fingerprint density at radius 2 is 1.70 bits per heavy atom. The highest BCUT2D eigenvalue weighted by Crippen LogP contribution is 2.15. The summed E-state index contributed by atoms with van der Waals surface area (Å²) in [5, 5.41) is 11.5. The van der Waals surface area contributed by atoms with E-state index < -0.39 is 6.61 Å².